The molecule has 9 heteroatoms. The Morgan fingerprint density at radius 3 is 2.37 bits per heavy atom. The highest BCUT2D eigenvalue weighted by Gasteiger charge is 2.09. The van der Waals surface area contributed by atoms with E-state index >= 15 is 0 Å². The lowest BCUT2D eigenvalue weighted by atomic mass is 10.2. The van der Waals surface area contributed by atoms with Gasteiger partial charge in [0, 0.05) is 30.1 Å². The van der Waals surface area contributed by atoms with Crippen molar-refractivity contribution in [2.45, 2.75) is 0 Å². The highest BCUT2D eigenvalue weighted by atomic mass is 35.5. The van der Waals surface area contributed by atoms with Gasteiger partial charge < -0.3 is 5.32 Å². The molecule has 1 aromatic rings. The number of non-ortho nitro benzene ring substituents is 1. The topological polar surface area (TPSA) is 113 Å². The fraction of sp³-hybridized carbons (Fsp3) is 0.200. The fourth-order valence-corrected chi connectivity index (χ4v) is 1.22. The van der Waals surface area contributed by atoms with Crippen LogP contribution in [0.15, 0.2) is 24.3 Å². The number of carbonyl (C=O) groups excluding carboxylic acids is 2. The van der Waals surface area contributed by atoms with Crippen LogP contribution in [0.5, 0.6) is 0 Å². The number of urea groups is 1. The van der Waals surface area contributed by atoms with Crippen molar-refractivity contribution in [2.75, 3.05) is 12.4 Å². The second kappa shape index (κ2) is 7.17. The van der Waals surface area contributed by atoms with E-state index in [4.69, 9.17) is 11.6 Å². The van der Waals surface area contributed by atoms with E-state index in [0.717, 1.165) is 0 Å². The Balaban J connectivity index is 2.49. The molecule has 1 aromatic carbocycles. The van der Waals surface area contributed by atoms with E-state index in [2.05, 4.69) is 16.2 Å². The Kier molecular flexibility index (Phi) is 5.55. The molecular formula is C10H11ClN4O4. The minimum absolute atomic E-state index is 0.121. The van der Waals surface area contributed by atoms with E-state index in [9.17, 15) is 19.7 Å². The van der Waals surface area contributed by atoms with Crippen LogP contribution >= 0.6 is 11.6 Å². The second-order valence-corrected chi connectivity index (χ2v) is 3.71. The first kappa shape index (κ1) is 14.7. The third-order valence-electron chi connectivity index (χ3n) is 2.01. The van der Waals surface area contributed by atoms with Crippen molar-refractivity contribution < 1.29 is 14.5 Å². The quantitative estimate of drug-likeness (QED) is 0.431. The van der Waals surface area contributed by atoms with Crippen LogP contribution < -0.4 is 16.2 Å². The molecule has 102 valence electrons. The summed E-state index contributed by atoms with van der Waals surface area (Å²) < 4.78 is 0. The van der Waals surface area contributed by atoms with Crippen LogP contribution in [0, 0.1) is 10.1 Å². The summed E-state index contributed by atoms with van der Waals surface area (Å²) >= 11 is 5.36. The summed E-state index contributed by atoms with van der Waals surface area (Å²) in [7, 11) is 0. The first-order valence-electron chi connectivity index (χ1n) is 5.19. The van der Waals surface area contributed by atoms with Gasteiger partial charge >= 0.3 is 6.03 Å². The van der Waals surface area contributed by atoms with Gasteiger partial charge in [0.15, 0.2) is 0 Å². The van der Waals surface area contributed by atoms with Crippen molar-refractivity contribution >= 4 is 29.2 Å². The highest BCUT2D eigenvalue weighted by molar-refractivity contribution is 6.18. The Morgan fingerprint density at radius 2 is 1.84 bits per heavy atom. The van der Waals surface area contributed by atoms with Gasteiger partial charge in [0.2, 0.25) is 0 Å². The van der Waals surface area contributed by atoms with Crippen LogP contribution in [0.25, 0.3) is 0 Å². The van der Waals surface area contributed by atoms with Crippen molar-refractivity contribution in [3.63, 3.8) is 0 Å². The molecule has 0 spiro atoms. The largest absolute Gasteiger partial charge is 0.336 e. The van der Waals surface area contributed by atoms with Crippen LogP contribution in [0.3, 0.4) is 0 Å². The van der Waals surface area contributed by atoms with Crippen molar-refractivity contribution in [3.8, 4) is 0 Å². The number of alkyl halides is 1. The minimum atomic E-state index is -0.601. The number of rotatable bonds is 4. The number of benzene rings is 1. The summed E-state index contributed by atoms with van der Waals surface area (Å²) in [4.78, 5) is 32.5. The van der Waals surface area contributed by atoms with Crippen LogP contribution in [0.4, 0.5) is 10.5 Å². The molecule has 0 radical (unpaired) electrons. The Labute approximate surface area is 113 Å². The van der Waals surface area contributed by atoms with E-state index < -0.39 is 16.9 Å². The summed E-state index contributed by atoms with van der Waals surface area (Å²) in [5.41, 5.74) is 4.32. The molecule has 3 N–H and O–H groups in total. The van der Waals surface area contributed by atoms with Crippen molar-refractivity contribution in [1.29, 1.82) is 0 Å². The molecule has 0 saturated carbocycles. The molecule has 0 aromatic heterocycles. The number of carbonyl (C=O) groups is 2. The van der Waals surface area contributed by atoms with E-state index in [1.807, 2.05) is 0 Å². The van der Waals surface area contributed by atoms with Crippen LogP contribution in [-0.2, 0) is 0 Å². The highest BCUT2D eigenvalue weighted by Crippen LogP contribution is 2.11. The maximum atomic E-state index is 11.6. The zero-order valence-corrected chi connectivity index (χ0v) is 10.4. The fourth-order valence-electron chi connectivity index (χ4n) is 1.13. The summed E-state index contributed by atoms with van der Waals surface area (Å²) in [5.74, 6) is -0.333. The third-order valence-corrected chi connectivity index (χ3v) is 2.20. The average Bonchev–Trinajstić information content (AvgIpc) is 2.42. The van der Waals surface area contributed by atoms with Crippen molar-refractivity contribution in [1.82, 2.24) is 16.2 Å². The lowest BCUT2D eigenvalue weighted by Crippen LogP contribution is -2.47. The molecule has 19 heavy (non-hydrogen) atoms. The number of nitrogens with zero attached hydrogens (tertiary/aromatic N) is 1. The molecule has 0 unspecified atom stereocenters. The van der Waals surface area contributed by atoms with Gasteiger partial charge in [-0.25, -0.2) is 10.2 Å². The number of amides is 3. The van der Waals surface area contributed by atoms with Gasteiger partial charge in [0.25, 0.3) is 11.6 Å². The van der Waals surface area contributed by atoms with Crippen molar-refractivity contribution in [3.05, 3.63) is 39.9 Å². The maximum absolute atomic E-state index is 11.6. The number of nitro benzene ring substituents is 1. The van der Waals surface area contributed by atoms with Gasteiger partial charge in [-0.2, -0.15) is 0 Å². The Hall–Kier alpha value is -2.35. The van der Waals surface area contributed by atoms with Gasteiger partial charge in [0.05, 0.1) is 4.92 Å². The first-order valence-corrected chi connectivity index (χ1v) is 5.72. The molecule has 0 aliphatic heterocycles. The van der Waals surface area contributed by atoms with Crippen LogP contribution in [0.2, 0.25) is 0 Å². The number of nitrogens with one attached hydrogen (secondary N) is 3. The van der Waals surface area contributed by atoms with Gasteiger partial charge in [0.1, 0.15) is 0 Å². The van der Waals surface area contributed by atoms with Crippen molar-refractivity contribution in [2.24, 2.45) is 0 Å². The van der Waals surface area contributed by atoms with Crippen LogP contribution in [-0.4, -0.2) is 29.3 Å². The maximum Gasteiger partial charge on any atom is 0.333 e. The normalized spacial score (nSPS) is 9.53. The molecule has 3 amide bonds. The molecule has 1 rings (SSSR count). The average molecular weight is 287 g/mol. The number of hydrogen-bond donors (Lipinski definition) is 3. The molecule has 0 fully saturated rings. The smallest absolute Gasteiger partial charge is 0.333 e. The van der Waals surface area contributed by atoms with E-state index in [1.165, 1.54) is 24.3 Å². The van der Waals surface area contributed by atoms with Gasteiger partial charge in [-0.05, 0) is 12.1 Å². The SMILES string of the molecule is O=C(NCCCl)NNC(=O)c1ccc([N+](=O)[O-])cc1. The lowest BCUT2D eigenvalue weighted by Gasteiger charge is -2.07. The number of hydrogen-bond acceptors (Lipinski definition) is 4. The van der Waals surface area contributed by atoms with Gasteiger partial charge in [-0.3, -0.25) is 20.3 Å². The Bertz CT molecular complexity index is 477. The Morgan fingerprint density at radius 1 is 1.21 bits per heavy atom. The molecular weight excluding hydrogens is 276 g/mol. The summed E-state index contributed by atoms with van der Waals surface area (Å²) in [6, 6.07) is 4.36. The minimum Gasteiger partial charge on any atom is -0.336 e. The molecule has 0 aliphatic carbocycles. The van der Waals surface area contributed by atoms with E-state index in [1.54, 1.807) is 0 Å². The molecule has 0 heterocycles. The zero-order valence-electron chi connectivity index (χ0n) is 9.68. The lowest BCUT2D eigenvalue weighted by molar-refractivity contribution is -0.384. The number of hydrazine groups is 1. The summed E-state index contributed by atoms with van der Waals surface area (Å²) in [6.07, 6.45) is 0. The number of nitro groups is 1. The first-order chi connectivity index (χ1) is 9.04. The second-order valence-electron chi connectivity index (χ2n) is 3.33. The summed E-state index contributed by atoms with van der Waals surface area (Å²) in [6.45, 7) is 0.265. The van der Waals surface area contributed by atoms with E-state index in [-0.39, 0.29) is 23.7 Å². The van der Waals surface area contributed by atoms with Gasteiger partial charge in [-0.1, -0.05) is 0 Å². The number of halogens is 1. The van der Waals surface area contributed by atoms with Gasteiger partial charge in [-0.15, -0.1) is 11.6 Å². The predicted octanol–water partition coefficient (Wildman–Crippen LogP) is 0.778. The molecule has 0 saturated heterocycles. The standard InChI is InChI=1S/C10H11ClN4O4/c11-5-6-12-10(17)14-13-9(16)7-1-3-8(4-2-7)15(18)19/h1-4H,5-6H2,(H,13,16)(H2,12,14,17). The molecule has 8 nitrogen and oxygen atoms in total. The molecule has 0 aliphatic rings. The van der Waals surface area contributed by atoms with E-state index in [0.29, 0.717) is 0 Å². The van der Waals surface area contributed by atoms with Crippen LogP contribution in [0.1, 0.15) is 10.4 Å². The predicted molar refractivity (Wildman–Crippen MR) is 67.8 cm³/mol. The zero-order chi connectivity index (χ0) is 14.3. The third kappa shape index (κ3) is 4.80. The molecule has 0 atom stereocenters. The monoisotopic (exact) mass is 286 g/mol. The summed E-state index contributed by atoms with van der Waals surface area (Å²) in [5, 5.41) is 12.8. The molecule has 0 bridgehead atoms.